The van der Waals surface area contributed by atoms with E-state index in [0.29, 0.717) is 22.3 Å². The molecule has 3 N–H and O–H groups in total. The van der Waals surface area contributed by atoms with Crippen molar-refractivity contribution in [3.63, 3.8) is 0 Å². The largest absolute Gasteiger partial charge is 0.497 e. The molecule has 2 amide bonds. The fourth-order valence-corrected chi connectivity index (χ4v) is 3.19. The first kappa shape index (κ1) is 22.9. The molecule has 0 spiro atoms. The molecule has 3 aromatic rings. The van der Waals surface area contributed by atoms with Crippen LogP contribution in [0.2, 0.25) is 0 Å². The minimum Gasteiger partial charge on any atom is -0.497 e. The maximum atomic E-state index is 12.7. The molecule has 0 fully saturated rings. The summed E-state index contributed by atoms with van der Waals surface area (Å²) in [6, 6.07) is 8.98. The lowest BCUT2D eigenvalue weighted by molar-refractivity contribution is -0.137. The highest BCUT2D eigenvalue weighted by Gasteiger charge is 2.30. The van der Waals surface area contributed by atoms with Crippen molar-refractivity contribution in [1.82, 2.24) is 5.32 Å². The fourth-order valence-electron chi connectivity index (χ4n) is 3.19. The number of carbonyl (C=O) groups is 2. The topological polar surface area (TPSA) is 112 Å². The standard InChI is InChI=1S/C22H19F3N2O5/c1-31-15-6-7-16-13(10-20(29)32-18(16)11-15)9-17(21(26)30)27-19(28)8-12-2-4-14(5-3-12)22(23,24)25/h2-7,10-11,17H,8-9H2,1H3,(H2,26,30)(H,27,28)/t17-/m0/s1. The van der Waals surface area contributed by atoms with Gasteiger partial charge in [0.25, 0.3) is 0 Å². The van der Waals surface area contributed by atoms with E-state index in [1.165, 1.54) is 31.4 Å². The summed E-state index contributed by atoms with van der Waals surface area (Å²) in [4.78, 5) is 36.2. The number of alkyl halides is 3. The zero-order chi connectivity index (χ0) is 23.5. The Hall–Kier alpha value is -3.82. The lowest BCUT2D eigenvalue weighted by Crippen LogP contribution is -2.46. The van der Waals surface area contributed by atoms with Gasteiger partial charge in [0.05, 0.1) is 19.1 Å². The number of hydrogen-bond acceptors (Lipinski definition) is 5. The predicted molar refractivity (Wildman–Crippen MR) is 109 cm³/mol. The number of methoxy groups -OCH3 is 1. The third-order valence-corrected chi connectivity index (χ3v) is 4.79. The average molecular weight is 448 g/mol. The first-order valence-electron chi connectivity index (χ1n) is 9.42. The lowest BCUT2D eigenvalue weighted by atomic mass is 10.0. The number of nitrogens with one attached hydrogen (secondary N) is 1. The van der Waals surface area contributed by atoms with Gasteiger partial charge in [-0.2, -0.15) is 13.2 Å². The number of hydrogen-bond donors (Lipinski definition) is 2. The third-order valence-electron chi connectivity index (χ3n) is 4.79. The molecule has 0 aliphatic carbocycles. The molecule has 0 radical (unpaired) electrons. The highest BCUT2D eigenvalue weighted by molar-refractivity contribution is 5.89. The molecule has 7 nitrogen and oxygen atoms in total. The minimum atomic E-state index is -4.48. The molecule has 0 aliphatic rings. The van der Waals surface area contributed by atoms with Crippen LogP contribution in [0.5, 0.6) is 5.75 Å². The fraction of sp³-hybridized carbons (Fsp3) is 0.227. The number of fused-ring (bicyclic) bond motifs is 1. The van der Waals surface area contributed by atoms with Crippen molar-refractivity contribution in [2.24, 2.45) is 5.73 Å². The number of primary amides is 1. The van der Waals surface area contributed by atoms with Gasteiger partial charge in [-0.25, -0.2) is 4.79 Å². The minimum absolute atomic E-state index is 0.0808. The van der Waals surface area contributed by atoms with Crippen LogP contribution >= 0.6 is 0 Å². The smallest absolute Gasteiger partial charge is 0.416 e. The Morgan fingerprint density at radius 1 is 1.12 bits per heavy atom. The Bertz CT molecular complexity index is 1200. The second-order valence-corrected chi connectivity index (χ2v) is 7.05. The SMILES string of the molecule is COc1ccc2c(C[C@H](NC(=O)Cc3ccc(C(F)(F)F)cc3)C(N)=O)cc(=O)oc2c1. The van der Waals surface area contributed by atoms with Crippen molar-refractivity contribution in [3.8, 4) is 5.75 Å². The molecule has 32 heavy (non-hydrogen) atoms. The molecular weight excluding hydrogens is 429 g/mol. The lowest BCUT2D eigenvalue weighted by Gasteiger charge is -2.17. The van der Waals surface area contributed by atoms with Crippen LogP contribution < -0.4 is 21.4 Å². The molecule has 0 aliphatic heterocycles. The van der Waals surface area contributed by atoms with Gasteiger partial charge in [-0.1, -0.05) is 12.1 Å². The molecular formula is C22H19F3N2O5. The summed E-state index contributed by atoms with van der Waals surface area (Å²) >= 11 is 0. The Kier molecular flexibility index (Phi) is 6.52. The number of carbonyl (C=O) groups excluding carboxylic acids is 2. The van der Waals surface area contributed by atoms with Crippen LogP contribution in [0.15, 0.2) is 57.7 Å². The highest BCUT2D eigenvalue weighted by Crippen LogP contribution is 2.29. The number of amides is 2. The van der Waals surface area contributed by atoms with E-state index in [0.717, 1.165) is 12.1 Å². The van der Waals surface area contributed by atoms with Crippen molar-refractivity contribution < 1.29 is 31.9 Å². The van der Waals surface area contributed by atoms with Gasteiger partial charge in [0.1, 0.15) is 17.4 Å². The molecule has 0 saturated carbocycles. The number of halogens is 3. The third kappa shape index (κ3) is 5.45. The van der Waals surface area contributed by atoms with Crippen molar-refractivity contribution >= 4 is 22.8 Å². The van der Waals surface area contributed by atoms with Gasteiger partial charge in [-0.15, -0.1) is 0 Å². The number of benzene rings is 2. The van der Waals surface area contributed by atoms with Crippen LogP contribution in [0.4, 0.5) is 13.2 Å². The van der Waals surface area contributed by atoms with E-state index in [4.69, 9.17) is 14.9 Å². The predicted octanol–water partition coefficient (Wildman–Crippen LogP) is 2.58. The number of nitrogens with two attached hydrogens (primary N) is 1. The zero-order valence-corrected chi connectivity index (χ0v) is 16.9. The van der Waals surface area contributed by atoms with Crippen LogP contribution in [-0.4, -0.2) is 25.0 Å². The summed E-state index contributed by atoms with van der Waals surface area (Å²) in [6.07, 6.45) is -4.81. The van der Waals surface area contributed by atoms with E-state index in [-0.39, 0.29) is 18.4 Å². The maximum Gasteiger partial charge on any atom is 0.416 e. The summed E-state index contributed by atoms with van der Waals surface area (Å²) < 4.78 is 48.3. The molecule has 0 bridgehead atoms. The van der Waals surface area contributed by atoms with E-state index in [1.54, 1.807) is 12.1 Å². The first-order chi connectivity index (χ1) is 15.1. The van der Waals surface area contributed by atoms with Crippen molar-refractivity contribution in [3.05, 3.63) is 75.6 Å². The Labute approximate surface area is 180 Å². The normalized spacial score (nSPS) is 12.4. The van der Waals surface area contributed by atoms with E-state index in [9.17, 15) is 27.6 Å². The number of ether oxygens (including phenoxy) is 1. The zero-order valence-electron chi connectivity index (χ0n) is 16.9. The molecule has 0 saturated heterocycles. The van der Waals surface area contributed by atoms with Gasteiger partial charge in [0.2, 0.25) is 11.8 Å². The van der Waals surface area contributed by atoms with Gasteiger partial charge in [0, 0.05) is 23.9 Å². The second kappa shape index (κ2) is 9.13. The van der Waals surface area contributed by atoms with Crippen LogP contribution in [-0.2, 0) is 28.6 Å². The van der Waals surface area contributed by atoms with Gasteiger partial charge in [-0.05, 0) is 35.4 Å². The number of rotatable bonds is 7. The van der Waals surface area contributed by atoms with E-state index >= 15 is 0 Å². The quantitative estimate of drug-likeness (QED) is 0.540. The van der Waals surface area contributed by atoms with Crippen molar-refractivity contribution in [2.45, 2.75) is 25.1 Å². The molecule has 2 aromatic carbocycles. The summed E-state index contributed by atoms with van der Waals surface area (Å²) in [5, 5.41) is 3.01. The molecule has 3 rings (SSSR count). The Balaban J connectivity index is 1.77. The van der Waals surface area contributed by atoms with Gasteiger partial charge in [-0.3, -0.25) is 9.59 Å². The van der Waals surface area contributed by atoms with Crippen LogP contribution in [0.25, 0.3) is 11.0 Å². The van der Waals surface area contributed by atoms with Gasteiger partial charge < -0.3 is 20.2 Å². The molecule has 1 heterocycles. The van der Waals surface area contributed by atoms with Gasteiger partial charge >= 0.3 is 11.8 Å². The molecule has 168 valence electrons. The summed E-state index contributed by atoms with van der Waals surface area (Å²) in [5.74, 6) is -0.975. The van der Waals surface area contributed by atoms with E-state index in [2.05, 4.69) is 5.32 Å². The first-order valence-corrected chi connectivity index (χ1v) is 9.42. The molecule has 1 atom stereocenters. The molecule has 1 aromatic heterocycles. The van der Waals surface area contributed by atoms with E-state index < -0.39 is 35.2 Å². The van der Waals surface area contributed by atoms with Crippen LogP contribution in [0, 0.1) is 0 Å². The second-order valence-electron chi connectivity index (χ2n) is 7.05. The highest BCUT2D eigenvalue weighted by atomic mass is 19.4. The van der Waals surface area contributed by atoms with Crippen molar-refractivity contribution in [2.75, 3.05) is 7.11 Å². The van der Waals surface area contributed by atoms with Crippen LogP contribution in [0.1, 0.15) is 16.7 Å². The summed E-state index contributed by atoms with van der Waals surface area (Å²) in [6.45, 7) is 0. The summed E-state index contributed by atoms with van der Waals surface area (Å²) in [7, 11) is 1.46. The van der Waals surface area contributed by atoms with E-state index in [1.807, 2.05) is 0 Å². The average Bonchev–Trinajstić information content (AvgIpc) is 2.72. The van der Waals surface area contributed by atoms with Gasteiger partial charge in [0.15, 0.2) is 0 Å². The monoisotopic (exact) mass is 448 g/mol. The Morgan fingerprint density at radius 3 is 2.41 bits per heavy atom. The molecule has 10 heteroatoms. The molecule has 0 unspecified atom stereocenters. The Morgan fingerprint density at radius 2 is 1.81 bits per heavy atom. The van der Waals surface area contributed by atoms with Crippen LogP contribution in [0.3, 0.4) is 0 Å². The van der Waals surface area contributed by atoms with Crippen molar-refractivity contribution in [1.29, 1.82) is 0 Å². The summed E-state index contributed by atoms with van der Waals surface area (Å²) in [5.41, 5.74) is 4.94. The maximum absolute atomic E-state index is 12.7.